The maximum absolute atomic E-state index is 13.1. The van der Waals surface area contributed by atoms with Crippen LogP contribution in [0, 0.1) is 5.82 Å². The number of anilines is 2. The molecule has 4 rings (SSSR count). The van der Waals surface area contributed by atoms with Crippen LogP contribution in [0.5, 0.6) is 0 Å². The van der Waals surface area contributed by atoms with Gasteiger partial charge in [-0.1, -0.05) is 35.5 Å². The Morgan fingerprint density at radius 2 is 1.58 bits per heavy atom. The van der Waals surface area contributed by atoms with Gasteiger partial charge in [-0.25, -0.2) is 12.8 Å². The maximum Gasteiger partial charge on any atom is 0.261 e. The first-order valence-corrected chi connectivity index (χ1v) is 11.4. The third kappa shape index (κ3) is 5.60. The summed E-state index contributed by atoms with van der Waals surface area (Å²) in [5, 5.41) is 6.55. The Morgan fingerprint density at radius 3 is 2.30 bits per heavy atom. The maximum atomic E-state index is 13.1. The van der Waals surface area contributed by atoms with E-state index in [2.05, 4.69) is 20.2 Å². The van der Waals surface area contributed by atoms with Crippen LogP contribution in [0.15, 0.2) is 88.3 Å². The van der Waals surface area contributed by atoms with Crippen molar-refractivity contribution in [3.8, 4) is 11.4 Å². The second-order valence-corrected chi connectivity index (χ2v) is 8.71. The van der Waals surface area contributed by atoms with Crippen LogP contribution in [-0.4, -0.2) is 24.5 Å². The molecule has 3 aromatic carbocycles. The number of amides is 1. The van der Waals surface area contributed by atoms with E-state index in [1.807, 2.05) is 0 Å². The minimum Gasteiger partial charge on any atom is -0.339 e. The summed E-state index contributed by atoms with van der Waals surface area (Å²) in [5.74, 6) is -0.179. The smallest absolute Gasteiger partial charge is 0.261 e. The molecule has 2 N–H and O–H groups in total. The number of benzene rings is 3. The van der Waals surface area contributed by atoms with Gasteiger partial charge in [-0.3, -0.25) is 9.52 Å². The predicted molar refractivity (Wildman–Crippen MR) is 120 cm³/mol. The van der Waals surface area contributed by atoms with E-state index < -0.39 is 10.0 Å². The fourth-order valence-corrected chi connectivity index (χ4v) is 4.09. The van der Waals surface area contributed by atoms with Crippen LogP contribution in [0.25, 0.3) is 11.4 Å². The Hall–Kier alpha value is -4.05. The lowest BCUT2D eigenvalue weighted by molar-refractivity contribution is -0.116. The van der Waals surface area contributed by atoms with Gasteiger partial charge in [-0.15, -0.1) is 0 Å². The molecule has 0 atom stereocenters. The second-order valence-electron chi connectivity index (χ2n) is 7.03. The summed E-state index contributed by atoms with van der Waals surface area (Å²) >= 11 is 0. The number of aromatic nitrogens is 2. The van der Waals surface area contributed by atoms with E-state index in [1.54, 1.807) is 42.5 Å². The van der Waals surface area contributed by atoms with Gasteiger partial charge in [-0.05, 0) is 48.5 Å². The molecule has 0 saturated heterocycles. The van der Waals surface area contributed by atoms with Gasteiger partial charge in [0.15, 0.2) is 0 Å². The number of carbonyl (C=O) groups is 1. The highest BCUT2D eigenvalue weighted by Gasteiger charge is 2.17. The van der Waals surface area contributed by atoms with Crippen molar-refractivity contribution < 1.29 is 22.1 Å². The lowest BCUT2D eigenvalue weighted by Gasteiger charge is -2.13. The van der Waals surface area contributed by atoms with Gasteiger partial charge in [-0.2, -0.15) is 4.98 Å². The molecule has 0 spiro atoms. The van der Waals surface area contributed by atoms with Crippen molar-refractivity contribution in [2.75, 3.05) is 10.0 Å². The first kappa shape index (κ1) is 22.2. The molecule has 0 aliphatic carbocycles. The molecule has 0 saturated carbocycles. The monoisotopic (exact) mass is 466 g/mol. The number of aryl methyl sites for hydroxylation is 1. The lowest BCUT2D eigenvalue weighted by Crippen LogP contribution is -2.17. The zero-order chi connectivity index (χ0) is 23.3. The summed E-state index contributed by atoms with van der Waals surface area (Å²) in [6, 6.07) is 20.1. The molecule has 33 heavy (non-hydrogen) atoms. The molecule has 10 heteroatoms. The van der Waals surface area contributed by atoms with Crippen LogP contribution >= 0.6 is 0 Å². The van der Waals surface area contributed by atoms with Gasteiger partial charge >= 0.3 is 0 Å². The van der Waals surface area contributed by atoms with E-state index in [9.17, 15) is 17.6 Å². The molecule has 0 fully saturated rings. The third-order valence-electron chi connectivity index (χ3n) is 4.64. The van der Waals surface area contributed by atoms with E-state index in [0.717, 1.165) is 0 Å². The standard InChI is InChI=1S/C23H19FN4O4S/c24-17-12-10-16(11-13-17)23-26-22(32-27-23)15-14-21(29)25-19-8-4-5-9-20(19)28-33(30,31)18-6-2-1-3-7-18/h1-13,28H,14-15H2,(H,25,29). The first-order chi connectivity index (χ1) is 15.9. The number of hydrogen-bond donors (Lipinski definition) is 2. The summed E-state index contributed by atoms with van der Waals surface area (Å²) in [6.45, 7) is 0. The number of nitrogens with one attached hydrogen (secondary N) is 2. The second kappa shape index (κ2) is 9.61. The van der Waals surface area contributed by atoms with Crippen LogP contribution in [0.4, 0.5) is 15.8 Å². The zero-order valence-electron chi connectivity index (χ0n) is 17.2. The first-order valence-electron chi connectivity index (χ1n) is 9.96. The molecular weight excluding hydrogens is 447 g/mol. The Labute approximate surface area is 189 Å². The average molecular weight is 466 g/mol. The van der Waals surface area contributed by atoms with Crippen molar-refractivity contribution in [3.05, 3.63) is 90.6 Å². The predicted octanol–water partition coefficient (Wildman–Crippen LogP) is 4.25. The molecule has 0 unspecified atom stereocenters. The highest BCUT2D eigenvalue weighted by molar-refractivity contribution is 7.92. The quantitative estimate of drug-likeness (QED) is 0.401. The van der Waals surface area contributed by atoms with Crippen molar-refractivity contribution in [2.45, 2.75) is 17.7 Å². The van der Waals surface area contributed by atoms with Crippen LogP contribution in [0.3, 0.4) is 0 Å². The fourth-order valence-electron chi connectivity index (χ4n) is 2.99. The van der Waals surface area contributed by atoms with E-state index in [1.165, 1.54) is 36.4 Å². The summed E-state index contributed by atoms with van der Waals surface area (Å²) in [6.07, 6.45) is 0.211. The van der Waals surface area contributed by atoms with Crippen LogP contribution in [0.2, 0.25) is 0 Å². The molecule has 8 nitrogen and oxygen atoms in total. The number of carbonyl (C=O) groups excluding carboxylic acids is 1. The van der Waals surface area contributed by atoms with Gasteiger partial charge < -0.3 is 9.84 Å². The topological polar surface area (TPSA) is 114 Å². The van der Waals surface area contributed by atoms with E-state index in [0.29, 0.717) is 17.1 Å². The van der Waals surface area contributed by atoms with Gasteiger partial charge in [0.05, 0.1) is 16.3 Å². The SMILES string of the molecule is O=C(CCc1nc(-c2ccc(F)cc2)no1)Nc1ccccc1NS(=O)(=O)c1ccccc1. The average Bonchev–Trinajstić information content (AvgIpc) is 3.29. The molecule has 168 valence electrons. The van der Waals surface area contributed by atoms with Crippen molar-refractivity contribution in [3.63, 3.8) is 0 Å². The Balaban J connectivity index is 1.39. The molecule has 0 aliphatic heterocycles. The summed E-state index contributed by atoms with van der Waals surface area (Å²) in [5.41, 5.74) is 1.15. The van der Waals surface area contributed by atoms with E-state index in [4.69, 9.17) is 4.52 Å². The number of hydrogen-bond acceptors (Lipinski definition) is 6. The largest absolute Gasteiger partial charge is 0.339 e. The number of halogens is 1. The molecule has 1 amide bonds. The lowest BCUT2D eigenvalue weighted by atomic mass is 10.2. The molecule has 1 aromatic heterocycles. The van der Waals surface area contributed by atoms with Crippen molar-refractivity contribution in [1.29, 1.82) is 0 Å². The van der Waals surface area contributed by atoms with Gasteiger partial charge in [0.2, 0.25) is 17.6 Å². The molecule has 4 aromatic rings. The van der Waals surface area contributed by atoms with Gasteiger partial charge in [0, 0.05) is 18.4 Å². The summed E-state index contributed by atoms with van der Waals surface area (Å²) in [4.78, 5) is 16.8. The van der Waals surface area contributed by atoms with Gasteiger partial charge in [0.25, 0.3) is 10.0 Å². The minimum atomic E-state index is -3.81. The van der Waals surface area contributed by atoms with Crippen LogP contribution in [-0.2, 0) is 21.2 Å². The van der Waals surface area contributed by atoms with E-state index >= 15 is 0 Å². The normalized spacial score (nSPS) is 11.2. The minimum absolute atomic E-state index is 0.0326. The molecular formula is C23H19FN4O4S. The third-order valence-corrected chi connectivity index (χ3v) is 6.02. The highest BCUT2D eigenvalue weighted by Crippen LogP contribution is 2.25. The molecule has 0 radical (unpaired) electrons. The fraction of sp³-hybridized carbons (Fsp3) is 0.0870. The van der Waals surface area contributed by atoms with Crippen LogP contribution in [0.1, 0.15) is 12.3 Å². The van der Waals surface area contributed by atoms with Crippen molar-refractivity contribution >= 4 is 27.3 Å². The number of sulfonamides is 1. The molecule has 0 aliphatic rings. The molecule has 1 heterocycles. The Kier molecular flexibility index (Phi) is 6.45. The summed E-state index contributed by atoms with van der Waals surface area (Å²) in [7, 11) is -3.81. The van der Waals surface area contributed by atoms with Crippen molar-refractivity contribution in [1.82, 2.24) is 10.1 Å². The summed E-state index contributed by atoms with van der Waals surface area (Å²) < 4.78 is 45.9. The molecule has 0 bridgehead atoms. The Bertz CT molecular complexity index is 1360. The Morgan fingerprint density at radius 1 is 0.909 bits per heavy atom. The highest BCUT2D eigenvalue weighted by atomic mass is 32.2. The number of rotatable bonds is 8. The van der Waals surface area contributed by atoms with Crippen molar-refractivity contribution in [2.24, 2.45) is 0 Å². The number of nitrogens with zero attached hydrogens (tertiary/aromatic N) is 2. The zero-order valence-corrected chi connectivity index (χ0v) is 18.0. The van der Waals surface area contributed by atoms with Crippen LogP contribution < -0.4 is 10.0 Å². The van der Waals surface area contributed by atoms with E-state index in [-0.39, 0.29) is 41.0 Å². The van der Waals surface area contributed by atoms with Gasteiger partial charge in [0.1, 0.15) is 5.82 Å². The number of para-hydroxylation sites is 2.